The maximum atomic E-state index is 14.0. The summed E-state index contributed by atoms with van der Waals surface area (Å²) in [5, 5.41) is 4.87. The number of carbonyl (C=O) groups is 1. The lowest BCUT2D eigenvalue weighted by molar-refractivity contribution is -0.122. The summed E-state index contributed by atoms with van der Waals surface area (Å²) in [6.07, 6.45) is 3.77. The largest absolute Gasteiger partial charge is 0.489 e. The Balaban J connectivity index is 1.29. The molecule has 202 valence electrons. The lowest BCUT2D eigenvalue weighted by Gasteiger charge is -2.14. The molecule has 6 rings (SSSR count). The Morgan fingerprint density at radius 2 is 1.56 bits per heavy atom. The van der Waals surface area contributed by atoms with Crippen molar-refractivity contribution in [2.45, 2.75) is 13.2 Å². The van der Waals surface area contributed by atoms with Gasteiger partial charge < -0.3 is 4.74 Å². The first-order valence-corrected chi connectivity index (χ1v) is 14.2. The highest BCUT2D eigenvalue weighted by Crippen LogP contribution is 2.36. The number of halogens is 1. The number of hydrogen-bond donors (Lipinski definition) is 0. The van der Waals surface area contributed by atoms with Gasteiger partial charge in [-0.05, 0) is 54.1 Å². The Labute approximate surface area is 246 Å². The Kier molecular flexibility index (Phi) is 7.75. The van der Waals surface area contributed by atoms with Gasteiger partial charge in [-0.25, -0.2) is 9.07 Å². The molecule has 0 bridgehead atoms. The van der Waals surface area contributed by atoms with Gasteiger partial charge in [-0.3, -0.25) is 9.69 Å². The van der Waals surface area contributed by atoms with E-state index in [4.69, 9.17) is 22.1 Å². The molecule has 2 heterocycles. The molecular weight excluding hydrogens is 554 g/mol. The molecule has 1 aliphatic rings. The zero-order valence-electron chi connectivity index (χ0n) is 21.8. The van der Waals surface area contributed by atoms with Crippen molar-refractivity contribution < 1.29 is 13.9 Å². The molecule has 0 N–H and O–H groups in total. The Morgan fingerprint density at radius 3 is 2.29 bits per heavy atom. The molecule has 8 heteroatoms. The Hall–Kier alpha value is -4.53. The number of ether oxygens (including phenoxy) is 1. The highest BCUT2D eigenvalue weighted by Gasteiger charge is 2.32. The maximum Gasteiger partial charge on any atom is 0.266 e. The van der Waals surface area contributed by atoms with E-state index in [1.807, 2.05) is 97.2 Å². The molecule has 0 atom stereocenters. The van der Waals surface area contributed by atoms with Crippen LogP contribution in [0.5, 0.6) is 5.75 Å². The van der Waals surface area contributed by atoms with Crippen LogP contribution in [0.4, 0.5) is 4.39 Å². The second-order valence-corrected chi connectivity index (χ2v) is 11.0. The molecule has 5 aromatic rings. The van der Waals surface area contributed by atoms with Crippen LogP contribution in [0.15, 0.2) is 120 Å². The third kappa shape index (κ3) is 5.99. The molecule has 1 fully saturated rings. The van der Waals surface area contributed by atoms with E-state index < -0.39 is 0 Å². The first-order chi connectivity index (χ1) is 20.0. The topological polar surface area (TPSA) is 47.4 Å². The van der Waals surface area contributed by atoms with Crippen LogP contribution in [0, 0.1) is 5.82 Å². The number of carbonyl (C=O) groups excluding carboxylic acids is 1. The SMILES string of the molecule is O=C1/C(=C\c2cn(-c3ccccc3)nc2-c2ccc(OCc3ccccc3F)cc2)SC(=S)N1Cc1ccccc1. The molecule has 5 nitrogen and oxygen atoms in total. The highest BCUT2D eigenvalue weighted by atomic mass is 32.2. The van der Waals surface area contributed by atoms with Crippen LogP contribution in [-0.4, -0.2) is 24.9 Å². The van der Waals surface area contributed by atoms with Crippen LogP contribution in [0.1, 0.15) is 16.7 Å². The third-order valence-corrected chi connectivity index (χ3v) is 7.96. The number of rotatable bonds is 8. The fourth-order valence-electron chi connectivity index (χ4n) is 4.46. The fourth-order valence-corrected chi connectivity index (χ4v) is 5.71. The van der Waals surface area contributed by atoms with Crippen LogP contribution >= 0.6 is 24.0 Å². The molecule has 0 spiro atoms. The zero-order valence-corrected chi connectivity index (χ0v) is 23.4. The van der Waals surface area contributed by atoms with E-state index in [1.54, 1.807) is 27.8 Å². The predicted octanol–water partition coefficient (Wildman–Crippen LogP) is 7.66. The quantitative estimate of drug-likeness (QED) is 0.140. The molecule has 1 aromatic heterocycles. The van der Waals surface area contributed by atoms with Crippen LogP contribution in [0.2, 0.25) is 0 Å². The lowest BCUT2D eigenvalue weighted by Crippen LogP contribution is -2.27. The molecule has 1 saturated heterocycles. The summed E-state index contributed by atoms with van der Waals surface area (Å²) >= 11 is 6.86. The zero-order chi connectivity index (χ0) is 28.2. The van der Waals surface area contributed by atoms with E-state index in [2.05, 4.69) is 0 Å². The van der Waals surface area contributed by atoms with Gasteiger partial charge in [0.15, 0.2) is 0 Å². The van der Waals surface area contributed by atoms with Crippen molar-refractivity contribution in [1.29, 1.82) is 0 Å². The molecule has 0 radical (unpaired) electrons. The summed E-state index contributed by atoms with van der Waals surface area (Å²) in [5.41, 5.74) is 4.75. The van der Waals surface area contributed by atoms with Gasteiger partial charge in [-0.15, -0.1) is 0 Å². The molecule has 0 unspecified atom stereocenters. The average Bonchev–Trinajstić information content (AvgIpc) is 3.54. The molecule has 41 heavy (non-hydrogen) atoms. The third-order valence-electron chi connectivity index (χ3n) is 6.59. The number of nitrogens with zero attached hydrogens (tertiary/aromatic N) is 3. The minimum absolute atomic E-state index is 0.126. The van der Waals surface area contributed by atoms with E-state index in [9.17, 15) is 9.18 Å². The van der Waals surface area contributed by atoms with Gasteiger partial charge in [0.2, 0.25) is 0 Å². The van der Waals surface area contributed by atoms with Gasteiger partial charge in [0.05, 0.1) is 22.8 Å². The van der Waals surface area contributed by atoms with Crippen LogP contribution in [-0.2, 0) is 17.9 Å². The number of hydrogen-bond acceptors (Lipinski definition) is 5. The number of para-hydroxylation sites is 1. The van der Waals surface area contributed by atoms with E-state index >= 15 is 0 Å². The predicted molar refractivity (Wildman–Crippen MR) is 165 cm³/mol. The molecule has 4 aromatic carbocycles. The van der Waals surface area contributed by atoms with Gasteiger partial charge in [0.25, 0.3) is 5.91 Å². The molecular formula is C33H24FN3O2S2. The summed E-state index contributed by atoms with van der Waals surface area (Å²) in [7, 11) is 0. The van der Waals surface area contributed by atoms with Crippen molar-refractivity contribution in [2.75, 3.05) is 0 Å². The molecule has 0 saturated carbocycles. The maximum absolute atomic E-state index is 14.0. The lowest BCUT2D eigenvalue weighted by atomic mass is 10.1. The number of thiocarbonyl (C=S) groups is 1. The smallest absolute Gasteiger partial charge is 0.266 e. The number of thioether (sulfide) groups is 1. The van der Waals surface area contributed by atoms with Crippen LogP contribution in [0.3, 0.4) is 0 Å². The standard InChI is InChI=1S/C33H24FN3O2S2/c34-29-14-8-7-11-25(29)22-39-28-17-15-24(16-18-28)31-26(21-37(35-31)27-12-5-2-6-13-27)19-30-32(38)36(33(40)41-30)20-23-9-3-1-4-10-23/h1-19,21H,20,22H2/b30-19+. The van der Waals surface area contributed by atoms with E-state index in [0.29, 0.717) is 32.8 Å². The van der Waals surface area contributed by atoms with Crippen molar-refractivity contribution in [3.63, 3.8) is 0 Å². The van der Waals surface area contributed by atoms with Crippen molar-refractivity contribution in [3.05, 3.63) is 143 Å². The minimum atomic E-state index is -0.297. The summed E-state index contributed by atoms with van der Waals surface area (Å²) in [4.78, 5) is 15.6. The van der Waals surface area contributed by atoms with Crippen molar-refractivity contribution >= 4 is 40.3 Å². The summed E-state index contributed by atoms with van der Waals surface area (Å²) in [6, 6.07) is 33.6. The van der Waals surface area contributed by atoms with E-state index in [1.165, 1.54) is 17.8 Å². The second-order valence-electron chi connectivity index (χ2n) is 9.37. The van der Waals surface area contributed by atoms with Crippen LogP contribution in [0.25, 0.3) is 23.0 Å². The van der Waals surface area contributed by atoms with Crippen LogP contribution < -0.4 is 4.74 Å². The Bertz CT molecular complexity index is 1740. The number of benzene rings is 4. The van der Waals surface area contributed by atoms with E-state index in [0.717, 1.165) is 22.4 Å². The summed E-state index contributed by atoms with van der Waals surface area (Å²) < 4.78 is 22.1. The molecule has 0 aliphatic carbocycles. The van der Waals surface area contributed by atoms with Gasteiger partial charge >= 0.3 is 0 Å². The average molecular weight is 578 g/mol. The van der Waals surface area contributed by atoms with Gasteiger partial charge in [0.1, 0.15) is 22.5 Å². The van der Waals surface area contributed by atoms with Gasteiger partial charge in [-0.2, -0.15) is 5.10 Å². The molecule has 1 amide bonds. The first kappa shape index (κ1) is 26.7. The van der Waals surface area contributed by atoms with Gasteiger partial charge in [-0.1, -0.05) is 90.7 Å². The monoisotopic (exact) mass is 577 g/mol. The fraction of sp³-hybridized carbons (Fsp3) is 0.0606. The summed E-state index contributed by atoms with van der Waals surface area (Å²) in [5.74, 6) is 0.191. The minimum Gasteiger partial charge on any atom is -0.489 e. The Morgan fingerprint density at radius 1 is 0.878 bits per heavy atom. The van der Waals surface area contributed by atoms with E-state index in [-0.39, 0.29) is 18.3 Å². The van der Waals surface area contributed by atoms with Crippen molar-refractivity contribution in [1.82, 2.24) is 14.7 Å². The van der Waals surface area contributed by atoms with Crippen molar-refractivity contribution in [3.8, 4) is 22.7 Å². The van der Waals surface area contributed by atoms with Gasteiger partial charge in [0, 0.05) is 22.9 Å². The van der Waals surface area contributed by atoms with Crippen molar-refractivity contribution in [2.24, 2.45) is 0 Å². The normalized spacial score (nSPS) is 14.2. The second kappa shape index (κ2) is 11.9. The highest BCUT2D eigenvalue weighted by molar-refractivity contribution is 8.26. The first-order valence-electron chi connectivity index (χ1n) is 13.0. The summed E-state index contributed by atoms with van der Waals surface area (Å²) in [6.45, 7) is 0.554. The molecule has 1 aliphatic heterocycles. The number of amides is 1. The number of aromatic nitrogens is 2.